The maximum absolute atomic E-state index is 12.3. The van der Waals surface area contributed by atoms with Crippen LogP contribution in [0.25, 0.3) is 11.1 Å². The molecule has 9 heteroatoms. The first-order valence-electron chi connectivity index (χ1n) is 10.9. The normalized spacial score (nSPS) is 16.3. The van der Waals surface area contributed by atoms with Crippen LogP contribution in [0.2, 0.25) is 0 Å². The highest BCUT2D eigenvalue weighted by Crippen LogP contribution is 2.31. The highest BCUT2D eigenvalue weighted by atomic mass is 32.2. The monoisotopic (exact) mass is 474 g/mol. The van der Waals surface area contributed by atoms with E-state index in [0.717, 1.165) is 21.2 Å². The number of piperidine rings is 1. The molecule has 178 valence electrons. The Morgan fingerprint density at radius 1 is 1.03 bits per heavy atom. The minimum absolute atomic E-state index is 0.0389. The lowest BCUT2D eigenvalue weighted by Gasteiger charge is -2.38. The third-order valence-corrected chi connectivity index (χ3v) is 6.79. The molecular weight excluding hydrogens is 444 g/mol. The Morgan fingerprint density at radius 2 is 1.55 bits per heavy atom. The van der Waals surface area contributed by atoms with Gasteiger partial charge in [0.05, 0.1) is 12.8 Å². The molecule has 2 N–H and O–H groups in total. The smallest absolute Gasteiger partial charge is 0.327 e. The number of nitrogens with zero attached hydrogens (tertiary/aromatic N) is 2. The summed E-state index contributed by atoms with van der Waals surface area (Å²) >= 11 is -2.53. The van der Waals surface area contributed by atoms with E-state index in [-0.39, 0.29) is 17.7 Å². The number of likely N-dealkylation sites (tertiary alicyclic amines) is 1. The second-order valence-corrected chi connectivity index (χ2v) is 9.29. The van der Waals surface area contributed by atoms with Gasteiger partial charge in [0, 0.05) is 19.0 Å². The zero-order valence-electron chi connectivity index (χ0n) is 19.0. The van der Waals surface area contributed by atoms with Gasteiger partial charge in [-0.25, -0.2) is 9.00 Å². The average molecular weight is 475 g/mol. The number of amides is 1. The van der Waals surface area contributed by atoms with E-state index >= 15 is 0 Å². The van der Waals surface area contributed by atoms with Crippen LogP contribution >= 0.6 is 0 Å². The van der Waals surface area contributed by atoms with E-state index in [1.807, 2.05) is 38.1 Å². The number of hydrogen-bond acceptors (Lipinski definition) is 4. The second kappa shape index (κ2) is 10.8. The minimum atomic E-state index is -2.53. The van der Waals surface area contributed by atoms with Gasteiger partial charge in [0.1, 0.15) is 11.8 Å². The van der Waals surface area contributed by atoms with Crippen LogP contribution in [0.3, 0.4) is 0 Å². The number of ether oxygens (including phenoxy) is 1. The summed E-state index contributed by atoms with van der Waals surface area (Å²) in [6.07, 6.45) is 0.903. The summed E-state index contributed by atoms with van der Waals surface area (Å²) in [4.78, 5) is 26.2. The Labute approximate surface area is 196 Å². The van der Waals surface area contributed by atoms with Crippen LogP contribution in [0, 0.1) is 11.8 Å². The molecule has 1 aliphatic rings. The van der Waals surface area contributed by atoms with Gasteiger partial charge >= 0.3 is 5.97 Å². The van der Waals surface area contributed by atoms with Crippen molar-refractivity contribution in [1.82, 2.24) is 4.90 Å². The Kier molecular flexibility index (Phi) is 8.10. The predicted molar refractivity (Wildman–Crippen MR) is 127 cm³/mol. The molecule has 3 rings (SSSR count). The summed E-state index contributed by atoms with van der Waals surface area (Å²) in [7, 11) is 1.60. The van der Waals surface area contributed by atoms with Crippen LogP contribution in [-0.4, -0.2) is 56.9 Å². The molecule has 1 amide bonds. The molecule has 2 aromatic carbocycles. The van der Waals surface area contributed by atoms with Gasteiger partial charge in [0.2, 0.25) is 5.91 Å². The summed E-state index contributed by atoms with van der Waals surface area (Å²) in [5.41, 5.74) is 2.18. The largest absolute Gasteiger partial charge is 0.497 e. The van der Waals surface area contributed by atoms with Crippen molar-refractivity contribution in [3.05, 3.63) is 48.5 Å². The molecule has 0 aliphatic carbocycles. The number of carboxylic acid groups (broad SMARTS) is 1. The summed E-state index contributed by atoms with van der Waals surface area (Å²) in [6.45, 7) is 4.54. The molecule has 8 nitrogen and oxygen atoms in total. The van der Waals surface area contributed by atoms with Crippen molar-refractivity contribution in [3.8, 4) is 16.9 Å². The quantitative estimate of drug-likeness (QED) is 0.566. The first kappa shape index (κ1) is 24.7. The van der Waals surface area contributed by atoms with Crippen LogP contribution in [0.15, 0.2) is 48.5 Å². The number of carbonyl (C=O) groups excluding carboxylic acids is 1. The first-order valence-corrected chi connectivity index (χ1v) is 12.0. The van der Waals surface area contributed by atoms with Gasteiger partial charge in [-0.2, -0.15) is 0 Å². The number of aliphatic carboxylic acids is 1. The van der Waals surface area contributed by atoms with E-state index in [9.17, 15) is 23.5 Å². The Bertz CT molecular complexity index is 985. The number of methoxy groups -OCH3 is 1. The van der Waals surface area contributed by atoms with Crippen molar-refractivity contribution in [3.63, 3.8) is 0 Å². The third-order valence-electron chi connectivity index (χ3n) is 6.01. The molecule has 0 aromatic heterocycles. The molecule has 1 heterocycles. The van der Waals surface area contributed by atoms with E-state index in [1.54, 1.807) is 36.3 Å². The van der Waals surface area contributed by atoms with Crippen molar-refractivity contribution < 1.29 is 28.2 Å². The van der Waals surface area contributed by atoms with Gasteiger partial charge in [0.25, 0.3) is 11.3 Å². The zero-order valence-corrected chi connectivity index (χ0v) is 19.8. The highest BCUT2D eigenvalue weighted by molar-refractivity contribution is 7.80. The van der Waals surface area contributed by atoms with E-state index in [0.29, 0.717) is 31.6 Å². The van der Waals surface area contributed by atoms with Crippen LogP contribution in [-0.2, 0) is 20.9 Å². The standard InChI is InChI=1S/C24H30N2O6S/c1-16(2)23(27)25-14-12-19(13-15-25)22(24(28)29)26(33(30)31)20-8-4-17(5-9-20)18-6-10-21(32-3)11-7-18/h4-11,16,19,22H,12-15H2,1-3H3,(H,28,29)(H,30,31). The third kappa shape index (κ3) is 5.72. The van der Waals surface area contributed by atoms with E-state index in [4.69, 9.17) is 4.74 Å². The zero-order chi connectivity index (χ0) is 24.1. The Balaban J connectivity index is 1.81. The van der Waals surface area contributed by atoms with Gasteiger partial charge in [-0.3, -0.25) is 13.7 Å². The lowest BCUT2D eigenvalue weighted by atomic mass is 9.88. The van der Waals surface area contributed by atoms with Crippen molar-refractivity contribution in [2.75, 3.05) is 24.5 Å². The molecule has 2 atom stereocenters. The van der Waals surface area contributed by atoms with E-state index in [2.05, 4.69) is 0 Å². The van der Waals surface area contributed by atoms with Crippen LogP contribution in [0.1, 0.15) is 26.7 Å². The summed E-state index contributed by atoms with van der Waals surface area (Å²) in [5, 5.41) is 9.97. The number of benzene rings is 2. The topological polar surface area (TPSA) is 107 Å². The predicted octanol–water partition coefficient (Wildman–Crippen LogP) is 3.65. The Hall–Kier alpha value is -2.91. The molecule has 1 fully saturated rings. The van der Waals surface area contributed by atoms with Crippen LogP contribution in [0.5, 0.6) is 5.75 Å². The average Bonchev–Trinajstić information content (AvgIpc) is 2.82. The van der Waals surface area contributed by atoms with E-state index < -0.39 is 23.3 Å². The number of carboxylic acids is 1. The molecule has 0 saturated carbocycles. The molecule has 1 aliphatic heterocycles. The molecule has 0 spiro atoms. The molecule has 2 unspecified atom stereocenters. The highest BCUT2D eigenvalue weighted by Gasteiger charge is 2.39. The molecule has 33 heavy (non-hydrogen) atoms. The van der Waals surface area contributed by atoms with Crippen LogP contribution in [0.4, 0.5) is 5.69 Å². The van der Waals surface area contributed by atoms with Gasteiger partial charge < -0.3 is 14.7 Å². The van der Waals surface area contributed by atoms with Gasteiger partial charge in [0.15, 0.2) is 0 Å². The van der Waals surface area contributed by atoms with Gasteiger partial charge in [-0.05, 0) is 54.2 Å². The van der Waals surface area contributed by atoms with Gasteiger partial charge in [-0.1, -0.05) is 38.1 Å². The minimum Gasteiger partial charge on any atom is -0.497 e. The Morgan fingerprint density at radius 3 is 1.97 bits per heavy atom. The number of rotatable bonds is 8. The second-order valence-electron chi connectivity index (χ2n) is 8.43. The SMILES string of the molecule is COc1ccc(-c2ccc(N(C(C(=O)O)C3CCN(C(=O)C(C)C)CC3)S(=O)O)cc2)cc1. The number of hydrogen-bond donors (Lipinski definition) is 2. The van der Waals surface area contributed by atoms with Crippen LogP contribution < -0.4 is 9.04 Å². The number of carbonyl (C=O) groups is 2. The molecule has 0 bridgehead atoms. The van der Waals surface area contributed by atoms with Crippen molar-refractivity contribution >= 4 is 28.8 Å². The summed E-state index contributed by atoms with van der Waals surface area (Å²) < 4.78 is 28.5. The number of anilines is 1. The fourth-order valence-corrected chi connectivity index (χ4v) is 4.99. The maximum Gasteiger partial charge on any atom is 0.327 e. The molecule has 1 saturated heterocycles. The van der Waals surface area contributed by atoms with Crippen molar-refractivity contribution in [2.24, 2.45) is 11.8 Å². The van der Waals surface area contributed by atoms with Crippen molar-refractivity contribution in [1.29, 1.82) is 0 Å². The fraction of sp³-hybridized carbons (Fsp3) is 0.417. The summed E-state index contributed by atoms with van der Waals surface area (Å²) in [5.74, 6) is -0.872. The first-order chi connectivity index (χ1) is 15.7. The lowest BCUT2D eigenvalue weighted by molar-refractivity contribution is -0.140. The van der Waals surface area contributed by atoms with Crippen molar-refractivity contribution in [2.45, 2.75) is 32.7 Å². The summed E-state index contributed by atoms with van der Waals surface area (Å²) in [6, 6.07) is 13.2. The molecular formula is C24H30N2O6S. The van der Waals surface area contributed by atoms with Gasteiger partial charge in [-0.15, -0.1) is 0 Å². The molecule has 0 radical (unpaired) electrons. The molecule has 2 aromatic rings. The fourth-order valence-electron chi connectivity index (χ4n) is 4.23. The van der Waals surface area contributed by atoms with E-state index in [1.165, 1.54) is 0 Å². The lowest BCUT2D eigenvalue weighted by Crippen LogP contribution is -2.51. The maximum atomic E-state index is 12.3.